The van der Waals surface area contributed by atoms with Gasteiger partial charge in [-0.15, -0.1) is 0 Å². The van der Waals surface area contributed by atoms with Crippen LogP contribution in [0.2, 0.25) is 0 Å². The predicted molar refractivity (Wildman–Crippen MR) is 181 cm³/mol. The fraction of sp³-hybridized carbons (Fsp3) is 0.378. The highest BCUT2D eigenvalue weighted by molar-refractivity contribution is 7.98. The summed E-state index contributed by atoms with van der Waals surface area (Å²) in [6, 6.07) is 18.7. The van der Waals surface area contributed by atoms with Crippen molar-refractivity contribution in [1.82, 2.24) is 19.4 Å². The molecule has 0 saturated carbocycles. The summed E-state index contributed by atoms with van der Waals surface area (Å²) in [5.74, 6) is -0.0640. The minimum atomic E-state index is -4.40. The van der Waals surface area contributed by atoms with Gasteiger partial charge < -0.3 is 9.80 Å². The van der Waals surface area contributed by atoms with E-state index in [1.807, 2.05) is 24.3 Å². The maximum atomic E-state index is 14.1. The number of rotatable bonds is 13. The van der Waals surface area contributed by atoms with Crippen LogP contribution in [-0.2, 0) is 42.7 Å². The van der Waals surface area contributed by atoms with E-state index in [2.05, 4.69) is 18.7 Å². The molecule has 48 heavy (non-hydrogen) atoms. The average Bonchev–Trinajstić information content (AvgIpc) is 3.09. The lowest BCUT2D eigenvalue weighted by molar-refractivity contribution is -0.137. The van der Waals surface area contributed by atoms with Gasteiger partial charge in [0.15, 0.2) is 5.16 Å². The first kappa shape index (κ1) is 35.3. The van der Waals surface area contributed by atoms with Crippen molar-refractivity contribution in [1.29, 1.82) is 0 Å². The fourth-order valence-electron chi connectivity index (χ4n) is 5.85. The number of carbonyl (C=O) groups is 1. The number of amides is 1. The van der Waals surface area contributed by atoms with Gasteiger partial charge in [-0.25, -0.2) is 9.37 Å². The van der Waals surface area contributed by atoms with Crippen molar-refractivity contribution in [2.24, 2.45) is 0 Å². The smallest absolute Gasteiger partial charge is 0.336 e. The standard InChI is InChI=1S/C37H40F4N4O2S/c1-3-43(4-2)21-22-44(23-26-9-13-28(14-10-26)29-15-17-30(18-16-29)37(39,40)41)34(46)24-45-35(47)32-7-5-6-8-33(32)42-36(45)48-25-27-11-19-31(38)20-12-27/h9-20H,3-8,21-25H2,1-2H3. The van der Waals surface area contributed by atoms with Crippen LogP contribution in [0.1, 0.15) is 54.6 Å². The zero-order valence-corrected chi connectivity index (χ0v) is 28.0. The van der Waals surface area contributed by atoms with Crippen molar-refractivity contribution in [2.45, 2.75) is 69.7 Å². The second-order valence-electron chi connectivity index (χ2n) is 11.9. The summed E-state index contributed by atoms with van der Waals surface area (Å²) in [4.78, 5) is 36.8. The Bertz CT molecular complexity index is 1740. The van der Waals surface area contributed by atoms with Gasteiger partial charge in [0.2, 0.25) is 5.91 Å². The van der Waals surface area contributed by atoms with E-state index in [1.54, 1.807) is 17.0 Å². The predicted octanol–water partition coefficient (Wildman–Crippen LogP) is 7.61. The maximum absolute atomic E-state index is 14.1. The normalized spacial score (nSPS) is 13.1. The highest BCUT2D eigenvalue weighted by Crippen LogP contribution is 2.31. The number of carbonyl (C=O) groups excluding carboxylic acids is 1. The topological polar surface area (TPSA) is 58.4 Å². The summed E-state index contributed by atoms with van der Waals surface area (Å²) in [6.45, 7) is 7.05. The molecule has 0 bridgehead atoms. The van der Waals surface area contributed by atoms with Crippen LogP contribution in [0.5, 0.6) is 0 Å². The van der Waals surface area contributed by atoms with E-state index in [0.29, 0.717) is 48.1 Å². The van der Waals surface area contributed by atoms with Gasteiger partial charge in [-0.3, -0.25) is 14.2 Å². The summed E-state index contributed by atoms with van der Waals surface area (Å²) in [6.07, 6.45) is -1.18. The highest BCUT2D eigenvalue weighted by atomic mass is 32.2. The van der Waals surface area contributed by atoms with Gasteiger partial charge in [-0.1, -0.05) is 74.1 Å². The molecule has 0 aliphatic heterocycles. The number of hydrogen-bond acceptors (Lipinski definition) is 5. The molecule has 0 spiro atoms. The number of aromatic nitrogens is 2. The van der Waals surface area contributed by atoms with Gasteiger partial charge in [0.05, 0.1) is 11.3 Å². The zero-order valence-electron chi connectivity index (χ0n) is 27.2. The van der Waals surface area contributed by atoms with Crippen molar-refractivity contribution in [3.63, 3.8) is 0 Å². The minimum Gasteiger partial charge on any atom is -0.336 e. The molecule has 0 N–H and O–H groups in total. The largest absolute Gasteiger partial charge is 0.416 e. The van der Waals surface area contributed by atoms with E-state index in [1.165, 1.54) is 40.6 Å². The molecule has 5 rings (SSSR count). The Morgan fingerprint density at radius 2 is 1.46 bits per heavy atom. The van der Waals surface area contributed by atoms with Crippen LogP contribution >= 0.6 is 11.8 Å². The Balaban J connectivity index is 1.38. The molecule has 0 saturated heterocycles. The number of fused-ring (bicyclic) bond motifs is 1. The van der Waals surface area contributed by atoms with Gasteiger partial charge in [0.1, 0.15) is 12.4 Å². The van der Waals surface area contributed by atoms with Crippen molar-refractivity contribution in [2.75, 3.05) is 26.2 Å². The first-order chi connectivity index (χ1) is 23.0. The van der Waals surface area contributed by atoms with Gasteiger partial charge in [-0.05, 0) is 85.3 Å². The molecule has 6 nitrogen and oxygen atoms in total. The third-order valence-corrected chi connectivity index (χ3v) is 9.83. The van der Waals surface area contributed by atoms with Crippen molar-refractivity contribution in [3.8, 4) is 11.1 Å². The van der Waals surface area contributed by atoms with E-state index >= 15 is 0 Å². The Hall–Kier alpha value is -3.96. The number of halogens is 4. The van der Waals surface area contributed by atoms with Gasteiger partial charge >= 0.3 is 6.18 Å². The van der Waals surface area contributed by atoms with E-state index in [0.717, 1.165) is 66.9 Å². The molecule has 4 aromatic rings. The van der Waals surface area contributed by atoms with Crippen LogP contribution < -0.4 is 5.56 Å². The number of alkyl halides is 3. The fourth-order valence-corrected chi connectivity index (χ4v) is 6.82. The molecule has 254 valence electrons. The van der Waals surface area contributed by atoms with Gasteiger partial charge in [-0.2, -0.15) is 13.2 Å². The molecule has 3 aromatic carbocycles. The maximum Gasteiger partial charge on any atom is 0.416 e. The van der Waals surface area contributed by atoms with Crippen LogP contribution in [0.25, 0.3) is 11.1 Å². The molecule has 1 aliphatic carbocycles. The molecule has 1 amide bonds. The third kappa shape index (κ3) is 8.93. The molecular formula is C37H40F4N4O2S. The molecule has 1 aliphatic rings. The van der Waals surface area contributed by atoms with Crippen LogP contribution in [0.15, 0.2) is 82.7 Å². The van der Waals surface area contributed by atoms with E-state index < -0.39 is 11.7 Å². The number of likely N-dealkylation sites (N-methyl/N-ethyl adjacent to an activating group) is 1. The first-order valence-corrected chi connectivity index (χ1v) is 17.3. The molecule has 0 radical (unpaired) electrons. The van der Waals surface area contributed by atoms with Crippen molar-refractivity contribution >= 4 is 17.7 Å². The average molecular weight is 681 g/mol. The quantitative estimate of drug-likeness (QED) is 0.0827. The first-order valence-electron chi connectivity index (χ1n) is 16.3. The second-order valence-corrected chi connectivity index (χ2v) is 12.9. The monoisotopic (exact) mass is 680 g/mol. The summed E-state index contributed by atoms with van der Waals surface area (Å²) >= 11 is 1.37. The van der Waals surface area contributed by atoms with Crippen molar-refractivity contribution in [3.05, 3.63) is 117 Å². The number of benzene rings is 3. The zero-order chi connectivity index (χ0) is 34.3. The van der Waals surface area contributed by atoms with Crippen molar-refractivity contribution < 1.29 is 22.4 Å². The summed E-state index contributed by atoms with van der Waals surface area (Å²) < 4.78 is 54.1. The molecule has 11 heteroatoms. The third-order valence-electron chi connectivity index (χ3n) is 8.78. The van der Waals surface area contributed by atoms with Crippen LogP contribution in [0.4, 0.5) is 17.6 Å². The minimum absolute atomic E-state index is 0.160. The molecule has 0 atom stereocenters. The van der Waals surface area contributed by atoms with E-state index in [-0.39, 0.29) is 23.8 Å². The summed E-state index contributed by atoms with van der Waals surface area (Å²) in [5.41, 5.74) is 3.76. The Kier molecular flexibility index (Phi) is 11.8. The molecule has 1 aromatic heterocycles. The Morgan fingerprint density at radius 3 is 2.08 bits per heavy atom. The molecule has 1 heterocycles. The lowest BCUT2D eigenvalue weighted by atomic mass is 9.97. The lowest BCUT2D eigenvalue weighted by Crippen LogP contribution is -2.42. The summed E-state index contributed by atoms with van der Waals surface area (Å²) in [5, 5.41) is 0.475. The van der Waals surface area contributed by atoms with Gasteiger partial charge in [0.25, 0.3) is 5.56 Å². The highest BCUT2D eigenvalue weighted by Gasteiger charge is 2.30. The number of thioether (sulfide) groups is 1. The van der Waals surface area contributed by atoms with Crippen LogP contribution in [0.3, 0.4) is 0 Å². The molecular weight excluding hydrogens is 640 g/mol. The molecule has 0 fully saturated rings. The number of hydrogen-bond donors (Lipinski definition) is 0. The lowest BCUT2D eigenvalue weighted by Gasteiger charge is -2.28. The SMILES string of the molecule is CCN(CC)CCN(Cc1ccc(-c2ccc(C(F)(F)F)cc2)cc1)C(=O)Cn1c(SCc2ccc(F)cc2)nc2c(c1=O)CCCC2. The number of aryl methyl sites for hydroxylation is 1. The van der Waals surface area contributed by atoms with Crippen LogP contribution in [0, 0.1) is 5.82 Å². The second kappa shape index (κ2) is 16.0. The Morgan fingerprint density at radius 1 is 0.854 bits per heavy atom. The molecule has 0 unspecified atom stereocenters. The van der Waals surface area contributed by atoms with Crippen LogP contribution in [-0.4, -0.2) is 51.4 Å². The Labute approximate surface area is 282 Å². The number of nitrogens with zero attached hydrogens (tertiary/aromatic N) is 4. The van der Waals surface area contributed by atoms with E-state index in [9.17, 15) is 27.2 Å². The van der Waals surface area contributed by atoms with Gasteiger partial charge in [0, 0.05) is 31.0 Å². The van der Waals surface area contributed by atoms with E-state index in [4.69, 9.17) is 4.98 Å². The summed E-state index contributed by atoms with van der Waals surface area (Å²) in [7, 11) is 0.